The molecule has 1 atom stereocenters. The molecule has 0 aromatic heterocycles. The molecule has 0 fully saturated rings. The van der Waals surface area contributed by atoms with Gasteiger partial charge in [0.2, 0.25) is 5.91 Å². The number of amides is 1. The van der Waals surface area contributed by atoms with Gasteiger partial charge in [-0.3, -0.25) is 4.79 Å². The highest BCUT2D eigenvalue weighted by molar-refractivity contribution is 5.82. The minimum atomic E-state index is -0.250. The number of hydrogen-bond acceptors (Lipinski definition) is 1. The third-order valence-electron chi connectivity index (χ3n) is 3.15. The quantitative estimate of drug-likeness (QED) is 0.744. The lowest BCUT2D eigenvalue weighted by atomic mass is 9.85. The van der Waals surface area contributed by atoms with E-state index in [1.807, 2.05) is 20.8 Å². The molecule has 2 nitrogen and oxygen atoms in total. The van der Waals surface area contributed by atoms with Crippen molar-refractivity contribution in [1.82, 2.24) is 5.32 Å². The Labute approximate surface area is 88.5 Å². The first-order chi connectivity index (χ1) is 6.11. The summed E-state index contributed by atoms with van der Waals surface area (Å²) in [5.74, 6) is 0.155. The maximum atomic E-state index is 11.8. The van der Waals surface area contributed by atoms with Crippen LogP contribution in [0.4, 0.5) is 0 Å². The van der Waals surface area contributed by atoms with Gasteiger partial charge in [0.25, 0.3) is 0 Å². The van der Waals surface area contributed by atoms with Crippen molar-refractivity contribution in [2.75, 3.05) is 0 Å². The van der Waals surface area contributed by atoms with E-state index in [2.05, 4.69) is 33.0 Å². The van der Waals surface area contributed by atoms with Gasteiger partial charge in [0.1, 0.15) is 0 Å². The van der Waals surface area contributed by atoms with Crippen LogP contribution in [0.3, 0.4) is 0 Å². The third kappa shape index (κ3) is 3.69. The maximum absolute atomic E-state index is 11.8. The number of rotatable bonds is 3. The molecule has 1 unspecified atom stereocenters. The van der Waals surface area contributed by atoms with Crippen molar-refractivity contribution in [3.63, 3.8) is 0 Å². The Bertz CT molecular complexity index is 201. The molecule has 2 heteroatoms. The first-order valence-corrected chi connectivity index (χ1v) is 5.42. The summed E-state index contributed by atoms with van der Waals surface area (Å²) in [6.45, 7) is 14.5. The van der Waals surface area contributed by atoms with E-state index in [1.54, 1.807) is 0 Å². The average Bonchev–Trinajstić information content (AvgIpc) is 2.02. The van der Waals surface area contributed by atoms with Gasteiger partial charge < -0.3 is 5.32 Å². The van der Waals surface area contributed by atoms with Crippen LogP contribution in [0.15, 0.2) is 0 Å². The maximum Gasteiger partial charge on any atom is 0.225 e. The zero-order valence-corrected chi connectivity index (χ0v) is 10.7. The average molecular weight is 199 g/mol. The first-order valence-electron chi connectivity index (χ1n) is 5.42. The highest BCUT2D eigenvalue weighted by atomic mass is 16.2. The minimum absolute atomic E-state index is 0.124. The van der Waals surface area contributed by atoms with E-state index >= 15 is 0 Å². The zero-order chi connectivity index (χ0) is 11.6. The lowest BCUT2D eigenvalue weighted by Crippen LogP contribution is -2.46. The van der Waals surface area contributed by atoms with Crippen LogP contribution < -0.4 is 5.32 Å². The molecule has 0 bridgehead atoms. The van der Waals surface area contributed by atoms with Gasteiger partial charge in [-0.05, 0) is 18.8 Å². The van der Waals surface area contributed by atoms with Gasteiger partial charge >= 0.3 is 0 Å². The van der Waals surface area contributed by atoms with Crippen molar-refractivity contribution < 1.29 is 4.79 Å². The summed E-state index contributed by atoms with van der Waals surface area (Å²) in [5, 5.41) is 3.07. The predicted octanol–water partition coefficient (Wildman–Crippen LogP) is 2.97. The molecule has 0 heterocycles. The van der Waals surface area contributed by atoms with Crippen molar-refractivity contribution >= 4 is 5.91 Å². The van der Waals surface area contributed by atoms with Crippen LogP contribution in [0.5, 0.6) is 0 Å². The lowest BCUT2D eigenvalue weighted by molar-refractivity contribution is -0.130. The molecule has 84 valence electrons. The zero-order valence-electron chi connectivity index (χ0n) is 10.7. The van der Waals surface area contributed by atoms with E-state index in [0.29, 0.717) is 0 Å². The van der Waals surface area contributed by atoms with Crippen LogP contribution in [-0.4, -0.2) is 11.9 Å². The van der Waals surface area contributed by atoms with Crippen LogP contribution in [0.1, 0.15) is 54.9 Å². The summed E-state index contributed by atoms with van der Waals surface area (Å²) in [6.07, 6.45) is 0.871. The summed E-state index contributed by atoms with van der Waals surface area (Å²) in [6, 6.07) is 0.209. The third-order valence-corrected chi connectivity index (χ3v) is 3.15. The Kier molecular flexibility index (Phi) is 4.16. The van der Waals surface area contributed by atoms with Gasteiger partial charge in [0, 0.05) is 11.5 Å². The number of hydrogen-bond donors (Lipinski definition) is 1. The summed E-state index contributed by atoms with van der Waals surface area (Å²) < 4.78 is 0. The fourth-order valence-corrected chi connectivity index (χ4v) is 0.769. The molecular formula is C12H25NO. The molecule has 0 aromatic rings. The second-order valence-corrected chi connectivity index (χ2v) is 5.80. The molecule has 0 saturated carbocycles. The second-order valence-electron chi connectivity index (χ2n) is 5.80. The minimum Gasteiger partial charge on any atom is -0.353 e. The number of nitrogens with one attached hydrogen (secondary N) is 1. The van der Waals surface area contributed by atoms with Crippen molar-refractivity contribution in [2.45, 2.75) is 60.9 Å². The van der Waals surface area contributed by atoms with Crippen molar-refractivity contribution in [3.05, 3.63) is 0 Å². The standard InChI is InChI=1S/C12H25NO/c1-8-12(6,7)10(14)13-9(2)11(3,4)5/h9H,8H2,1-7H3,(H,13,14). The molecule has 0 rings (SSSR count). The van der Waals surface area contributed by atoms with Gasteiger partial charge in [-0.2, -0.15) is 0 Å². The highest BCUT2D eigenvalue weighted by Crippen LogP contribution is 2.23. The van der Waals surface area contributed by atoms with E-state index in [9.17, 15) is 4.79 Å². The van der Waals surface area contributed by atoms with Gasteiger partial charge in [-0.15, -0.1) is 0 Å². The van der Waals surface area contributed by atoms with Crippen LogP contribution in [0, 0.1) is 10.8 Å². The van der Waals surface area contributed by atoms with Crippen LogP contribution in [0.2, 0.25) is 0 Å². The SMILES string of the molecule is CCC(C)(C)C(=O)NC(C)C(C)(C)C. The Morgan fingerprint density at radius 2 is 1.64 bits per heavy atom. The molecule has 0 aromatic carbocycles. The molecular weight excluding hydrogens is 174 g/mol. The molecule has 0 radical (unpaired) electrons. The Morgan fingerprint density at radius 3 is 1.93 bits per heavy atom. The number of carbonyl (C=O) groups is 1. The van der Waals surface area contributed by atoms with Crippen LogP contribution in [-0.2, 0) is 4.79 Å². The molecule has 1 N–H and O–H groups in total. The smallest absolute Gasteiger partial charge is 0.225 e. The summed E-state index contributed by atoms with van der Waals surface area (Å²) in [5.41, 5.74) is -0.126. The van der Waals surface area contributed by atoms with Gasteiger partial charge in [0.05, 0.1) is 0 Å². The second kappa shape index (κ2) is 4.33. The van der Waals surface area contributed by atoms with Crippen molar-refractivity contribution in [3.8, 4) is 0 Å². The summed E-state index contributed by atoms with van der Waals surface area (Å²) in [7, 11) is 0. The lowest BCUT2D eigenvalue weighted by Gasteiger charge is -2.31. The largest absolute Gasteiger partial charge is 0.353 e. The first kappa shape index (κ1) is 13.5. The molecule has 0 aliphatic heterocycles. The molecule has 1 amide bonds. The van der Waals surface area contributed by atoms with Crippen molar-refractivity contribution in [2.24, 2.45) is 10.8 Å². The molecule has 0 spiro atoms. The van der Waals surface area contributed by atoms with Crippen molar-refractivity contribution in [1.29, 1.82) is 0 Å². The van der Waals surface area contributed by atoms with Gasteiger partial charge in [0.15, 0.2) is 0 Å². The summed E-state index contributed by atoms with van der Waals surface area (Å²) >= 11 is 0. The van der Waals surface area contributed by atoms with Crippen LogP contribution in [0.25, 0.3) is 0 Å². The molecule has 14 heavy (non-hydrogen) atoms. The Balaban J connectivity index is 4.35. The highest BCUT2D eigenvalue weighted by Gasteiger charge is 2.29. The van der Waals surface area contributed by atoms with E-state index < -0.39 is 0 Å². The van der Waals surface area contributed by atoms with E-state index in [4.69, 9.17) is 0 Å². The Hall–Kier alpha value is -0.530. The molecule has 0 aliphatic carbocycles. The summed E-state index contributed by atoms with van der Waals surface area (Å²) in [4.78, 5) is 11.8. The van der Waals surface area contributed by atoms with Gasteiger partial charge in [-0.1, -0.05) is 41.5 Å². The Morgan fingerprint density at radius 1 is 1.21 bits per heavy atom. The van der Waals surface area contributed by atoms with E-state index in [1.165, 1.54) is 0 Å². The van der Waals surface area contributed by atoms with E-state index in [-0.39, 0.29) is 22.8 Å². The fraction of sp³-hybridized carbons (Fsp3) is 0.917. The molecule has 0 saturated heterocycles. The fourth-order valence-electron chi connectivity index (χ4n) is 0.769. The predicted molar refractivity (Wildman–Crippen MR) is 61.1 cm³/mol. The molecule has 0 aliphatic rings. The number of carbonyl (C=O) groups excluding carboxylic acids is 1. The van der Waals surface area contributed by atoms with Gasteiger partial charge in [-0.25, -0.2) is 0 Å². The van der Waals surface area contributed by atoms with Crippen LogP contribution >= 0.6 is 0 Å². The van der Waals surface area contributed by atoms with E-state index in [0.717, 1.165) is 6.42 Å². The monoisotopic (exact) mass is 199 g/mol. The topological polar surface area (TPSA) is 29.1 Å². The normalized spacial score (nSPS) is 15.1.